The van der Waals surface area contributed by atoms with Crippen LogP contribution in [0.5, 0.6) is 0 Å². The molecule has 3 nitrogen and oxygen atoms in total. The van der Waals surface area contributed by atoms with Gasteiger partial charge in [0.2, 0.25) is 0 Å². The first-order valence-electron chi connectivity index (χ1n) is 3.82. The van der Waals surface area contributed by atoms with Crippen LogP contribution in [0.2, 0.25) is 5.02 Å². The molecule has 1 rings (SSSR count). The van der Waals surface area contributed by atoms with Crippen molar-refractivity contribution in [2.75, 3.05) is 0 Å². The molecule has 0 unspecified atom stereocenters. The Morgan fingerprint density at radius 3 is 2.36 bits per heavy atom. The Bertz CT molecular complexity index is 300. The van der Waals surface area contributed by atoms with Gasteiger partial charge >= 0.3 is 5.97 Å². The second kappa shape index (κ2) is 5.86. The lowest BCUT2D eigenvalue weighted by Crippen LogP contribution is -2.32. The van der Waals surface area contributed by atoms with Gasteiger partial charge in [0.05, 0.1) is 0 Å². The van der Waals surface area contributed by atoms with Gasteiger partial charge in [0.25, 0.3) is 0 Å². The van der Waals surface area contributed by atoms with Gasteiger partial charge in [-0.05, 0) is 24.1 Å². The van der Waals surface area contributed by atoms with Crippen LogP contribution in [-0.4, -0.2) is 17.1 Å². The van der Waals surface area contributed by atoms with E-state index in [1.165, 1.54) is 0 Å². The van der Waals surface area contributed by atoms with Gasteiger partial charge in [0.1, 0.15) is 6.04 Å². The van der Waals surface area contributed by atoms with E-state index in [0.717, 1.165) is 5.56 Å². The number of carbonyl (C=O) groups is 1. The normalized spacial score (nSPS) is 11.6. The molecule has 14 heavy (non-hydrogen) atoms. The highest BCUT2D eigenvalue weighted by molar-refractivity contribution is 6.30. The number of carboxylic acids is 1. The van der Waals surface area contributed by atoms with E-state index in [4.69, 9.17) is 22.4 Å². The summed E-state index contributed by atoms with van der Waals surface area (Å²) in [5.74, 6) is -0.991. The van der Waals surface area contributed by atoms with E-state index in [1.807, 2.05) is 0 Å². The van der Waals surface area contributed by atoms with E-state index in [-0.39, 0.29) is 12.4 Å². The van der Waals surface area contributed by atoms with Crippen LogP contribution in [0.15, 0.2) is 24.3 Å². The molecule has 0 radical (unpaired) electrons. The highest BCUT2D eigenvalue weighted by Crippen LogP contribution is 2.10. The van der Waals surface area contributed by atoms with Gasteiger partial charge in [-0.1, -0.05) is 23.7 Å². The molecule has 0 aliphatic carbocycles. The van der Waals surface area contributed by atoms with Crippen LogP contribution >= 0.6 is 24.0 Å². The van der Waals surface area contributed by atoms with Crippen LogP contribution in [0, 0.1) is 0 Å². The predicted molar refractivity (Wildman–Crippen MR) is 58.0 cm³/mol. The van der Waals surface area contributed by atoms with Crippen molar-refractivity contribution in [3.8, 4) is 0 Å². The molecule has 0 aromatic heterocycles. The zero-order chi connectivity index (χ0) is 9.84. The minimum atomic E-state index is -0.991. The van der Waals surface area contributed by atoms with Crippen molar-refractivity contribution in [2.45, 2.75) is 12.5 Å². The monoisotopic (exact) mass is 235 g/mol. The van der Waals surface area contributed by atoms with Crippen molar-refractivity contribution >= 4 is 30.0 Å². The van der Waals surface area contributed by atoms with Crippen LogP contribution in [0.1, 0.15) is 5.56 Å². The Hall–Kier alpha value is -0.770. The molecule has 1 aromatic carbocycles. The molecule has 0 aliphatic rings. The fourth-order valence-corrected chi connectivity index (χ4v) is 1.09. The van der Waals surface area contributed by atoms with Crippen LogP contribution in [0.25, 0.3) is 0 Å². The molecule has 5 heteroatoms. The third-order valence-corrected chi connectivity index (χ3v) is 1.94. The Morgan fingerprint density at radius 1 is 1.43 bits per heavy atom. The van der Waals surface area contributed by atoms with Crippen molar-refractivity contribution < 1.29 is 9.90 Å². The maximum atomic E-state index is 10.4. The largest absolute Gasteiger partial charge is 0.480 e. The lowest BCUT2D eigenvalue weighted by atomic mass is 10.1. The molecule has 0 bridgehead atoms. The number of aliphatic carboxylic acids is 1. The van der Waals surface area contributed by atoms with E-state index in [1.54, 1.807) is 24.3 Å². The molecule has 0 spiro atoms. The zero-order valence-electron chi connectivity index (χ0n) is 7.31. The average molecular weight is 236 g/mol. The summed E-state index contributed by atoms with van der Waals surface area (Å²) in [6, 6.07) is 6.12. The van der Waals surface area contributed by atoms with E-state index < -0.39 is 12.0 Å². The van der Waals surface area contributed by atoms with Crippen molar-refractivity contribution in [2.24, 2.45) is 5.73 Å². The number of halogens is 2. The second-order valence-corrected chi connectivity index (χ2v) is 3.21. The van der Waals surface area contributed by atoms with E-state index >= 15 is 0 Å². The molecule has 78 valence electrons. The van der Waals surface area contributed by atoms with Crippen LogP contribution in [0.3, 0.4) is 0 Å². The smallest absolute Gasteiger partial charge is 0.320 e. The van der Waals surface area contributed by atoms with Crippen LogP contribution in [0.4, 0.5) is 0 Å². The summed E-state index contributed by atoms with van der Waals surface area (Å²) in [5, 5.41) is 9.18. The average Bonchev–Trinajstić information content (AvgIpc) is 2.08. The van der Waals surface area contributed by atoms with Gasteiger partial charge in [0, 0.05) is 5.02 Å². The van der Waals surface area contributed by atoms with Crippen molar-refractivity contribution in [1.29, 1.82) is 0 Å². The second-order valence-electron chi connectivity index (χ2n) is 2.78. The molecule has 0 heterocycles. The quantitative estimate of drug-likeness (QED) is 0.839. The fourth-order valence-electron chi connectivity index (χ4n) is 0.962. The number of rotatable bonds is 3. The van der Waals surface area contributed by atoms with Gasteiger partial charge in [-0.15, -0.1) is 12.4 Å². The summed E-state index contributed by atoms with van der Waals surface area (Å²) in [7, 11) is 0. The first-order valence-corrected chi connectivity index (χ1v) is 4.20. The lowest BCUT2D eigenvalue weighted by Gasteiger charge is -2.05. The Balaban J connectivity index is 0.00000169. The number of benzene rings is 1. The van der Waals surface area contributed by atoms with Gasteiger partial charge in [0.15, 0.2) is 0 Å². The van der Waals surface area contributed by atoms with E-state index in [0.29, 0.717) is 11.4 Å². The number of hydrogen-bond acceptors (Lipinski definition) is 2. The first-order chi connectivity index (χ1) is 6.09. The first kappa shape index (κ1) is 13.2. The molecule has 0 amide bonds. The van der Waals surface area contributed by atoms with Crippen LogP contribution in [-0.2, 0) is 11.2 Å². The molecule has 0 fully saturated rings. The number of carboxylic acid groups (broad SMARTS) is 1. The summed E-state index contributed by atoms with van der Waals surface area (Å²) in [6.45, 7) is 0. The standard InChI is InChI=1S/C9H10ClNO2.ClH/c10-7-3-1-6(2-4-7)5-8(11)9(12)13;/h1-4,8H,5,11H2,(H,12,13);1H/t8-;/m0./s1. The highest BCUT2D eigenvalue weighted by atomic mass is 35.5. The number of hydrogen-bond donors (Lipinski definition) is 2. The van der Waals surface area contributed by atoms with E-state index in [9.17, 15) is 4.79 Å². The summed E-state index contributed by atoms with van der Waals surface area (Å²) >= 11 is 5.66. The van der Waals surface area contributed by atoms with Crippen molar-refractivity contribution in [1.82, 2.24) is 0 Å². The summed E-state index contributed by atoms with van der Waals surface area (Å²) in [5.41, 5.74) is 6.23. The van der Waals surface area contributed by atoms with Gasteiger partial charge in [-0.25, -0.2) is 0 Å². The molecule has 1 aromatic rings. The SMILES string of the molecule is Cl.N[C@@H](Cc1ccc(Cl)cc1)C(=O)O. The van der Waals surface area contributed by atoms with Crippen molar-refractivity contribution in [3.05, 3.63) is 34.9 Å². The predicted octanol–water partition coefficient (Wildman–Crippen LogP) is 1.72. The summed E-state index contributed by atoms with van der Waals surface area (Å²) in [4.78, 5) is 10.4. The number of nitrogens with two attached hydrogens (primary N) is 1. The topological polar surface area (TPSA) is 63.3 Å². The molecular formula is C9H11Cl2NO2. The molecule has 3 N–H and O–H groups in total. The molecule has 0 saturated heterocycles. The highest BCUT2D eigenvalue weighted by Gasteiger charge is 2.11. The van der Waals surface area contributed by atoms with Gasteiger partial charge < -0.3 is 10.8 Å². The minimum absolute atomic E-state index is 0. The third-order valence-electron chi connectivity index (χ3n) is 1.69. The third kappa shape index (κ3) is 3.96. The fraction of sp³-hybridized carbons (Fsp3) is 0.222. The van der Waals surface area contributed by atoms with Gasteiger partial charge in [-0.3, -0.25) is 4.79 Å². The maximum absolute atomic E-state index is 10.4. The summed E-state index contributed by atoms with van der Waals surface area (Å²) in [6.07, 6.45) is 0.326. The Morgan fingerprint density at radius 2 is 1.93 bits per heavy atom. The molecule has 0 aliphatic heterocycles. The Labute approximate surface area is 93.3 Å². The Kier molecular flexibility index (Phi) is 5.53. The summed E-state index contributed by atoms with van der Waals surface area (Å²) < 4.78 is 0. The minimum Gasteiger partial charge on any atom is -0.480 e. The lowest BCUT2D eigenvalue weighted by molar-refractivity contribution is -0.138. The van der Waals surface area contributed by atoms with E-state index in [2.05, 4.69) is 0 Å². The van der Waals surface area contributed by atoms with Crippen molar-refractivity contribution in [3.63, 3.8) is 0 Å². The van der Waals surface area contributed by atoms with Gasteiger partial charge in [-0.2, -0.15) is 0 Å². The zero-order valence-corrected chi connectivity index (χ0v) is 8.89. The maximum Gasteiger partial charge on any atom is 0.320 e. The van der Waals surface area contributed by atoms with Crippen LogP contribution < -0.4 is 5.73 Å². The molecule has 0 saturated carbocycles. The molecule has 1 atom stereocenters. The molecular weight excluding hydrogens is 225 g/mol.